The first-order valence-electron chi connectivity index (χ1n) is 1.88. The van der Waals surface area contributed by atoms with Crippen molar-refractivity contribution in [2.24, 2.45) is 5.64 Å². The smallest absolute Gasteiger partial charge is 0.395 e. The van der Waals surface area contributed by atoms with Crippen LogP contribution in [0.25, 0.3) is 0 Å². The maximum Gasteiger partial charge on any atom is 0.552 e. The molecule has 0 aromatic carbocycles. The fourth-order valence-corrected chi connectivity index (χ4v) is 0.377. The molecule has 0 saturated carbocycles. The van der Waals surface area contributed by atoms with Gasteiger partial charge in [-0.25, -0.2) is 0 Å². The third kappa shape index (κ3) is 0.709. The Kier molecular flexibility index (Phi) is 1.09. The molecule has 2 N–H and O–H groups in total. The zero-order chi connectivity index (χ0) is 4.41. The molecule has 1 saturated heterocycles. The molecule has 0 radical (unpaired) electrons. The molecule has 0 aliphatic carbocycles. The Labute approximate surface area is 36.6 Å². The molecule has 1 fully saturated rings. The van der Waals surface area contributed by atoms with Gasteiger partial charge in [0.15, 0.2) is 0 Å². The highest BCUT2D eigenvalue weighted by molar-refractivity contribution is 6.40. The minimum Gasteiger partial charge on any atom is -0.395 e. The Hall–Kier alpha value is -0.0551. The van der Waals surface area contributed by atoms with Gasteiger partial charge in [0.1, 0.15) is 0 Å². The average Bonchev–Trinajstić information content (AvgIpc) is 1.86. The van der Waals surface area contributed by atoms with E-state index in [4.69, 9.17) is 15.0 Å². The molecule has 0 atom stereocenters. The van der Waals surface area contributed by atoms with E-state index < -0.39 is 7.25 Å². The van der Waals surface area contributed by atoms with Crippen molar-refractivity contribution in [2.45, 2.75) is 0 Å². The highest BCUT2D eigenvalue weighted by atomic mass is 16.6. The predicted molar refractivity (Wildman–Crippen MR) is 21.8 cm³/mol. The van der Waals surface area contributed by atoms with E-state index in [1.165, 1.54) is 0 Å². The summed E-state index contributed by atoms with van der Waals surface area (Å²) in [6, 6.07) is 0. The van der Waals surface area contributed by atoms with Crippen molar-refractivity contribution in [3.63, 3.8) is 0 Å². The molecule has 1 rings (SSSR count). The Morgan fingerprint density at radius 3 is 2.00 bits per heavy atom. The van der Waals surface area contributed by atoms with Gasteiger partial charge in [-0.15, -0.1) is 0 Å². The van der Waals surface area contributed by atoms with Crippen LogP contribution in [0.4, 0.5) is 0 Å². The van der Waals surface area contributed by atoms with Crippen molar-refractivity contribution in [2.75, 3.05) is 13.2 Å². The normalized spacial score (nSPS) is 22.5. The fourth-order valence-electron chi connectivity index (χ4n) is 0.377. The lowest BCUT2D eigenvalue weighted by Gasteiger charge is -1.87. The van der Waals surface area contributed by atoms with E-state index in [0.29, 0.717) is 13.2 Å². The van der Waals surface area contributed by atoms with Gasteiger partial charge in [-0.1, -0.05) is 0 Å². The lowest BCUT2D eigenvalue weighted by atomic mass is 10.2. The second kappa shape index (κ2) is 1.60. The van der Waals surface area contributed by atoms with E-state index in [0.717, 1.165) is 0 Å². The van der Waals surface area contributed by atoms with Gasteiger partial charge in [-0.05, 0) is 0 Å². The van der Waals surface area contributed by atoms with E-state index >= 15 is 0 Å². The Morgan fingerprint density at radius 2 is 1.83 bits per heavy atom. The van der Waals surface area contributed by atoms with Crippen LogP contribution in [-0.4, -0.2) is 20.5 Å². The molecule has 0 unspecified atom stereocenters. The van der Waals surface area contributed by atoms with Crippen LogP contribution in [0.2, 0.25) is 0 Å². The maximum atomic E-state index is 5.09. The number of nitrogens with two attached hydrogens (primary N) is 1. The van der Waals surface area contributed by atoms with Crippen molar-refractivity contribution in [1.82, 2.24) is 0 Å². The van der Waals surface area contributed by atoms with Gasteiger partial charge in [-0.2, -0.15) is 0 Å². The first-order valence-corrected chi connectivity index (χ1v) is 1.88. The number of rotatable bonds is 0. The van der Waals surface area contributed by atoms with Crippen LogP contribution in [-0.2, 0) is 9.31 Å². The SMILES string of the molecule is NB1OCCO1. The minimum atomic E-state index is -0.454. The first-order chi connectivity index (χ1) is 2.89. The van der Waals surface area contributed by atoms with Crippen LogP contribution < -0.4 is 5.64 Å². The molecule has 0 spiro atoms. The van der Waals surface area contributed by atoms with E-state index in [1.807, 2.05) is 0 Å². The number of hydrogen-bond donors (Lipinski definition) is 1. The van der Waals surface area contributed by atoms with E-state index in [-0.39, 0.29) is 0 Å². The zero-order valence-corrected chi connectivity index (χ0v) is 3.39. The summed E-state index contributed by atoms with van der Waals surface area (Å²) in [5.41, 5.74) is 5.09. The van der Waals surface area contributed by atoms with Crippen LogP contribution in [0, 0.1) is 0 Å². The van der Waals surface area contributed by atoms with Crippen LogP contribution in [0.15, 0.2) is 0 Å². The summed E-state index contributed by atoms with van der Waals surface area (Å²) in [5.74, 6) is 0. The van der Waals surface area contributed by atoms with Gasteiger partial charge < -0.3 is 15.0 Å². The zero-order valence-electron chi connectivity index (χ0n) is 3.39. The van der Waals surface area contributed by atoms with Gasteiger partial charge in [0.25, 0.3) is 0 Å². The van der Waals surface area contributed by atoms with Gasteiger partial charge in [0.05, 0.1) is 13.2 Å². The summed E-state index contributed by atoms with van der Waals surface area (Å²) in [7, 11) is -0.454. The molecule has 1 aliphatic heterocycles. The first kappa shape index (κ1) is 4.11. The molecule has 0 amide bonds. The van der Waals surface area contributed by atoms with Crippen molar-refractivity contribution in [3.05, 3.63) is 0 Å². The molecular formula is C2H6BNO2. The average molecular weight is 86.9 g/mol. The fraction of sp³-hybridized carbons (Fsp3) is 1.00. The number of hydrogen-bond acceptors (Lipinski definition) is 3. The third-order valence-corrected chi connectivity index (χ3v) is 0.648. The summed E-state index contributed by atoms with van der Waals surface area (Å²) in [6.45, 7) is 1.28. The van der Waals surface area contributed by atoms with Crippen molar-refractivity contribution in [1.29, 1.82) is 0 Å². The molecule has 4 heteroatoms. The van der Waals surface area contributed by atoms with E-state index in [2.05, 4.69) is 0 Å². The van der Waals surface area contributed by atoms with Gasteiger partial charge >= 0.3 is 7.25 Å². The molecule has 0 aromatic heterocycles. The molecule has 3 nitrogen and oxygen atoms in total. The summed E-state index contributed by atoms with van der Waals surface area (Å²) in [6.07, 6.45) is 0. The second-order valence-corrected chi connectivity index (χ2v) is 1.11. The lowest BCUT2D eigenvalue weighted by molar-refractivity contribution is 0.365. The monoisotopic (exact) mass is 87.0 g/mol. The molecule has 1 aliphatic rings. The highest BCUT2D eigenvalue weighted by Crippen LogP contribution is 1.89. The summed E-state index contributed by atoms with van der Waals surface area (Å²) in [5, 5.41) is 0. The molecule has 1 heterocycles. The van der Waals surface area contributed by atoms with Crippen molar-refractivity contribution in [3.8, 4) is 0 Å². The molecule has 34 valence electrons. The van der Waals surface area contributed by atoms with Crippen LogP contribution in [0.5, 0.6) is 0 Å². The van der Waals surface area contributed by atoms with Gasteiger partial charge in [-0.3, -0.25) is 0 Å². The lowest BCUT2D eigenvalue weighted by Crippen LogP contribution is -2.26. The predicted octanol–water partition coefficient (Wildman–Crippen LogP) is -1.02. The topological polar surface area (TPSA) is 44.5 Å². The maximum absolute atomic E-state index is 5.09. The van der Waals surface area contributed by atoms with E-state index in [1.54, 1.807) is 0 Å². The third-order valence-electron chi connectivity index (χ3n) is 0.648. The molecular weight excluding hydrogens is 80.8 g/mol. The minimum absolute atomic E-state index is 0.454. The molecule has 0 bridgehead atoms. The van der Waals surface area contributed by atoms with E-state index in [9.17, 15) is 0 Å². The summed E-state index contributed by atoms with van der Waals surface area (Å²) < 4.78 is 9.42. The van der Waals surface area contributed by atoms with Crippen LogP contribution >= 0.6 is 0 Å². The van der Waals surface area contributed by atoms with Crippen molar-refractivity contribution >= 4 is 7.25 Å². The highest BCUT2D eigenvalue weighted by Gasteiger charge is 2.17. The summed E-state index contributed by atoms with van der Waals surface area (Å²) >= 11 is 0. The quantitative estimate of drug-likeness (QED) is 0.384. The van der Waals surface area contributed by atoms with Crippen molar-refractivity contribution < 1.29 is 9.31 Å². The Balaban J connectivity index is 2.18. The van der Waals surface area contributed by atoms with Gasteiger partial charge in [0, 0.05) is 0 Å². The van der Waals surface area contributed by atoms with Gasteiger partial charge in [0.2, 0.25) is 0 Å². The second-order valence-electron chi connectivity index (χ2n) is 1.11. The van der Waals surface area contributed by atoms with Crippen LogP contribution in [0.1, 0.15) is 0 Å². The largest absolute Gasteiger partial charge is 0.552 e. The summed E-state index contributed by atoms with van der Waals surface area (Å²) in [4.78, 5) is 0. The Bertz CT molecular complexity index is 44.8. The molecule has 6 heavy (non-hydrogen) atoms. The molecule has 0 aromatic rings. The standard InChI is InChI=1S/C2H6BNO2/c4-3-5-1-2-6-3/h1-2,4H2. The van der Waals surface area contributed by atoms with Crippen LogP contribution in [0.3, 0.4) is 0 Å². The Morgan fingerprint density at radius 1 is 1.33 bits per heavy atom.